The quantitative estimate of drug-likeness (QED) is 0.518. The van der Waals surface area contributed by atoms with E-state index in [0.717, 1.165) is 49.9 Å². The molecule has 2 N–H and O–H groups in total. The number of aliphatic hydroxyl groups is 2. The van der Waals surface area contributed by atoms with Gasteiger partial charge in [-0.1, -0.05) is 56.6 Å². The Kier molecular flexibility index (Phi) is 7.16. The molecule has 2 nitrogen and oxygen atoms in total. The van der Waals surface area contributed by atoms with Crippen LogP contribution in [0.25, 0.3) is 0 Å². The summed E-state index contributed by atoms with van der Waals surface area (Å²) in [5, 5.41) is 20.1. The minimum Gasteiger partial charge on any atom is -0.393 e. The fraction of sp³-hybridized carbons (Fsp3) is 0.778. The van der Waals surface area contributed by atoms with Crippen molar-refractivity contribution in [3.63, 3.8) is 0 Å². The summed E-state index contributed by atoms with van der Waals surface area (Å²) in [5.74, 6) is 2.26. The van der Waals surface area contributed by atoms with Crippen molar-refractivity contribution in [1.29, 1.82) is 0 Å². The van der Waals surface area contributed by atoms with E-state index < -0.39 is 5.60 Å². The largest absolute Gasteiger partial charge is 0.393 e. The summed E-state index contributed by atoms with van der Waals surface area (Å²) in [4.78, 5) is 0. The van der Waals surface area contributed by atoms with Gasteiger partial charge >= 0.3 is 0 Å². The Morgan fingerprint density at radius 1 is 1.21 bits per heavy atom. The van der Waals surface area contributed by atoms with E-state index >= 15 is 0 Å². The van der Waals surface area contributed by atoms with E-state index in [1.165, 1.54) is 49.7 Å². The van der Waals surface area contributed by atoms with Crippen molar-refractivity contribution in [3.05, 3.63) is 35.5 Å². The van der Waals surface area contributed by atoms with Crippen LogP contribution in [0.4, 0.5) is 0 Å². The molecule has 0 aromatic heterocycles. The lowest BCUT2D eigenvalue weighted by atomic mass is 9.60. The molecule has 0 radical (unpaired) electrons. The zero-order chi connectivity index (χ0) is 21.2. The van der Waals surface area contributed by atoms with Crippen molar-refractivity contribution in [2.45, 2.75) is 110 Å². The second-order valence-corrected chi connectivity index (χ2v) is 11.2. The molecule has 3 aliphatic rings. The van der Waals surface area contributed by atoms with Crippen molar-refractivity contribution in [2.75, 3.05) is 0 Å². The second kappa shape index (κ2) is 9.10. The molecule has 3 aliphatic carbocycles. The number of hydrogen-bond donors (Lipinski definition) is 2. The Hall–Kier alpha value is -0.860. The lowest BCUT2D eigenvalue weighted by Gasteiger charge is -2.44. The van der Waals surface area contributed by atoms with Crippen LogP contribution in [0.3, 0.4) is 0 Å². The maximum absolute atomic E-state index is 10.0. The highest BCUT2D eigenvalue weighted by Crippen LogP contribution is 2.60. The van der Waals surface area contributed by atoms with Crippen LogP contribution in [0.1, 0.15) is 98.3 Å². The van der Waals surface area contributed by atoms with E-state index in [4.69, 9.17) is 0 Å². The lowest BCUT2D eigenvalue weighted by molar-refractivity contribution is 0.0596. The molecule has 0 amide bonds. The highest BCUT2D eigenvalue weighted by Gasteiger charge is 2.50. The Bertz CT molecular complexity index is 650. The Morgan fingerprint density at radius 2 is 1.97 bits per heavy atom. The van der Waals surface area contributed by atoms with Crippen molar-refractivity contribution >= 4 is 0 Å². The molecule has 3 unspecified atom stereocenters. The molecule has 0 spiro atoms. The summed E-state index contributed by atoms with van der Waals surface area (Å²) in [6.45, 7) is 13.1. The highest BCUT2D eigenvalue weighted by molar-refractivity contribution is 5.36. The van der Waals surface area contributed by atoms with Gasteiger partial charge in [0.15, 0.2) is 0 Å². The summed E-state index contributed by atoms with van der Waals surface area (Å²) in [5.41, 5.74) is 4.02. The number of fused-ring (bicyclic) bond motifs is 1. The number of hydrogen-bond acceptors (Lipinski definition) is 2. The average molecular weight is 401 g/mol. The van der Waals surface area contributed by atoms with Gasteiger partial charge in [-0.15, -0.1) is 0 Å². The molecule has 164 valence electrons. The molecule has 3 saturated carbocycles. The minimum absolute atomic E-state index is 0.192. The summed E-state index contributed by atoms with van der Waals surface area (Å²) in [7, 11) is 0. The summed E-state index contributed by atoms with van der Waals surface area (Å²) >= 11 is 0. The molecule has 3 rings (SSSR count). The van der Waals surface area contributed by atoms with Crippen LogP contribution in [-0.4, -0.2) is 21.9 Å². The average Bonchev–Trinajstić information content (AvgIpc) is 2.99. The molecular weight excluding hydrogens is 356 g/mol. The third kappa shape index (κ3) is 5.44. The zero-order valence-corrected chi connectivity index (χ0v) is 19.3. The maximum atomic E-state index is 10.0. The fourth-order valence-corrected chi connectivity index (χ4v) is 6.67. The molecule has 0 saturated heterocycles. The Labute approximate surface area is 179 Å². The van der Waals surface area contributed by atoms with Crippen LogP contribution < -0.4 is 0 Å². The highest BCUT2D eigenvalue weighted by atomic mass is 16.3. The summed E-state index contributed by atoms with van der Waals surface area (Å²) in [6.07, 6.45) is 16.9. The van der Waals surface area contributed by atoms with E-state index in [-0.39, 0.29) is 6.10 Å². The normalized spacial score (nSPS) is 37.2. The molecule has 5 atom stereocenters. The van der Waals surface area contributed by atoms with Gasteiger partial charge in [-0.2, -0.15) is 0 Å². The Morgan fingerprint density at radius 3 is 2.69 bits per heavy atom. The van der Waals surface area contributed by atoms with Gasteiger partial charge in [-0.25, -0.2) is 0 Å². The number of allylic oxidation sites excluding steroid dienone is 4. The first-order chi connectivity index (χ1) is 13.6. The van der Waals surface area contributed by atoms with Crippen LogP contribution >= 0.6 is 0 Å². The summed E-state index contributed by atoms with van der Waals surface area (Å²) in [6, 6.07) is 0. The van der Waals surface area contributed by atoms with Gasteiger partial charge in [0.05, 0.1) is 11.7 Å². The SMILES string of the molecule is C=C1CCC(O)C/C1=C/C=C1\CCC[C@@]2(C)C1CC[C@@H]2C(C)CCCC(C)(C)O. The monoisotopic (exact) mass is 400 g/mol. The molecule has 0 aliphatic heterocycles. The van der Waals surface area contributed by atoms with Crippen LogP contribution in [0.5, 0.6) is 0 Å². The van der Waals surface area contributed by atoms with Crippen LogP contribution in [0.15, 0.2) is 35.5 Å². The first kappa shape index (κ1) is 22.8. The molecule has 0 bridgehead atoms. The molecule has 3 fully saturated rings. The molecular formula is C27H44O2. The number of rotatable bonds is 6. The van der Waals surface area contributed by atoms with Crippen molar-refractivity contribution < 1.29 is 10.2 Å². The van der Waals surface area contributed by atoms with Gasteiger partial charge in [-0.3, -0.25) is 0 Å². The van der Waals surface area contributed by atoms with Gasteiger partial charge in [-0.05, 0) is 100 Å². The van der Waals surface area contributed by atoms with E-state index in [1.807, 2.05) is 13.8 Å². The van der Waals surface area contributed by atoms with E-state index in [0.29, 0.717) is 5.41 Å². The van der Waals surface area contributed by atoms with Crippen LogP contribution in [0.2, 0.25) is 0 Å². The molecule has 2 heteroatoms. The first-order valence-electron chi connectivity index (χ1n) is 12.1. The third-order valence-electron chi connectivity index (χ3n) is 8.36. The molecule has 0 aromatic rings. The van der Waals surface area contributed by atoms with Crippen LogP contribution in [0, 0.1) is 23.2 Å². The fourth-order valence-electron chi connectivity index (χ4n) is 6.67. The molecule has 0 heterocycles. The first-order valence-corrected chi connectivity index (χ1v) is 12.1. The molecule has 0 aromatic carbocycles. The topological polar surface area (TPSA) is 40.5 Å². The van der Waals surface area contributed by atoms with Gasteiger partial charge in [0, 0.05) is 0 Å². The van der Waals surface area contributed by atoms with Crippen molar-refractivity contribution in [1.82, 2.24) is 0 Å². The minimum atomic E-state index is -0.535. The van der Waals surface area contributed by atoms with Gasteiger partial charge in [0.2, 0.25) is 0 Å². The lowest BCUT2D eigenvalue weighted by Crippen LogP contribution is -2.36. The van der Waals surface area contributed by atoms with Crippen LogP contribution in [-0.2, 0) is 0 Å². The van der Waals surface area contributed by atoms with E-state index in [1.54, 1.807) is 5.57 Å². The van der Waals surface area contributed by atoms with Gasteiger partial charge in [0.25, 0.3) is 0 Å². The summed E-state index contributed by atoms with van der Waals surface area (Å²) < 4.78 is 0. The predicted molar refractivity (Wildman–Crippen MR) is 123 cm³/mol. The third-order valence-corrected chi connectivity index (χ3v) is 8.36. The van der Waals surface area contributed by atoms with E-state index in [2.05, 4.69) is 32.6 Å². The van der Waals surface area contributed by atoms with Crippen molar-refractivity contribution in [2.24, 2.45) is 23.2 Å². The van der Waals surface area contributed by atoms with E-state index in [9.17, 15) is 10.2 Å². The van der Waals surface area contributed by atoms with Crippen molar-refractivity contribution in [3.8, 4) is 0 Å². The second-order valence-electron chi connectivity index (χ2n) is 11.2. The van der Waals surface area contributed by atoms with Gasteiger partial charge < -0.3 is 10.2 Å². The Balaban J connectivity index is 1.68. The zero-order valence-electron chi connectivity index (χ0n) is 19.3. The van der Waals surface area contributed by atoms with Gasteiger partial charge in [0.1, 0.15) is 0 Å². The standard InChI is InChI=1S/C27H44O2/c1-19-10-13-23(28)18-22(19)12-11-21-9-7-17-27(5)24(14-15-25(21)27)20(2)8-6-16-26(3,4)29/h11-12,20,23-25,28-29H,1,6-10,13-18H2,2-5H3/b21-11+,22-12-/t20?,23?,24-,25?,27-/m1/s1. The number of aliphatic hydroxyl groups excluding tert-OH is 1. The molecule has 29 heavy (non-hydrogen) atoms. The smallest absolute Gasteiger partial charge is 0.0591 e. The maximum Gasteiger partial charge on any atom is 0.0591 e. The predicted octanol–water partition coefficient (Wildman–Crippen LogP) is 6.73.